The summed E-state index contributed by atoms with van der Waals surface area (Å²) in [6, 6.07) is 6.89. The zero-order valence-electron chi connectivity index (χ0n) is 15.5. The Bertz CT molecular complexity index is 764. The highest BCUT2D eigenvalue weighted by molar-refractivity contribution is 6.07. The number of methoxy groups -OCH3 is 3. The number of nitriles is 1. The Morgan fingerprint density at radius 2 is 1.85 bits per heavy atom. The molecule has 1 aliphatic heterocycles. The Hall–Kier alpha value is -3.41. The summed E-state index contributed by atoms with van der Waals surface area (Å²) in [5, 5.41) is 12.0. The lowest BCUT2D eigenvalue weighted by Gasteiger charge is -2.33. The van der Waals surface area contributed by atoms with Crippen LogP contribution in [0.4, 0.5) is 10.5 Å². The first-order valence-electron chi connectivity index (χ1n) is 8.24. The Kier molecular flexibility index (Phi) is 6.88. The van der Waals surface area contributed by atoms with E-state index in [-0.39, 0.29) is 11.7 Å². The van der Waals surface area contributed by atoms with Crippen molar-refractivity contribution in [2.24, 2.45) is 0 Å². The van der Waals surface area contributed by atoms with Gasteiger partial charge in [0, 0.05) is 38.4 Å². The summed E-state index contributed by atoms with van der Waals surface area (Å²) >= 11 is 0. The largest absolute Gasteiger partial charge is 0.497 e. The van der Waals surface area contributed by atoms with Crippen molar-refractivity contribution in [3.63, 3.8) is 0 Å². The lowest BCUT2D eigenvalue weighted by Crippen LogP contribution is -2.47. The first-order chi connectivity index (χ1) is 13.0. The first-order valence-corrected chi connectivity index (χ1v) is 8.24. The number of amides is 2. The van der Waals surface area contributed by atoms with Crippen molar-refractivity contribution < 1.29 is 23.8 Å². The summed E-state index contributed by atoms with van der Waals surface area (Å²) < 4.78 is 15.1. The highest BCUT2D eigenvalue weighted by Crippen LogP contribution is 2.29. The predicted molar refractivity (Wildman–Crippen MR) is 97.4 cm³/mol. The number of nitrogens with one attached hydrogen (secondary N) is 1. The lowest BCUT2D eigenvalue weighted by molar-refractivity contribution is -0.112. The molecule has 0 aliphatic carbocycles. The van der Waals surface area contributed by atoms with Crippen LogP contribution in [0.25, 0.3) is 0 Å². The molecule has 0 bridgehead atoms. The minimum atomic E-state index is -0.556. The number of benzene rings is 1. The number of carbonyl (C=O) groups excluding carboxylic acids is 2. The fourth-order valence-corrected chi connectivity index (χ4v) is 2.58. The third-order valence-electron chi connectivity index (χ3n) is 4.08. The molecule has 0 unspecified atom stereocenters. The van der Waals surface area contributed by atoms with E-state index in [4.69, 9.17) is 9.47 Å². The Labute approximate surface area is 157 Å². The van der Waals surface area contributed by atoms with E-state index >= 15 is 0 Å². The molecule has 144 valence electrons. The molecular formula is C18H22N4O5. The highest BCUT2D eigenvalue weighted by Gasteiger charge is 2.21. The molecule has 0 spiro atoms. The summed E-state index contributed by atoms with van der Waals surface area (Å²) in [6.07, 6.45) is 1.11. The fraction of sp³-hybridized carbons (Fsp3) is 0.389. The molecule has 1 aromatic rings. The zero-order chi connectivity index (χ0) is 19.8. The Morgan fingerprint density at radius 3 is 2.41 bits per heavy atom. The number of piperazine rings is 1. The summed E-state index contributed by atoms with van der Waals surface area (Å²) in [7, 11) is 4.33. The molecule has 0 saturated carbocycles. The van der Waals surface area contributed by atoms with Crippen molar-refractivity contribution in [3.8, 4) is 17.6 Å². The number of hydrogen-bond acceptors (Lipinski definition) is 7. The van der Waals surface area contributed by atoms with Gasteiger partial charge in [-0.2, -0.15) is 5.26 Å². The maximum absolute atomic E-state index is 12.5. The molecule has 27 heavy (non-hydrogen) atoms. The second-order valence-electron chi connectivity index (χ2n) is 5.67. The normalized spacial score (nSPS) is 14.2. The van der Waals surface area contributed by atoms with Gasteiger partial charge in [-0.3, -0.25) is 4.79 Å². The number of carbonyl (C=O) groups is 2. The minimum Gasteiger partial charge on any atom is -0.497 e. The van der Waals surface area contributed by atoms with E-state index < -0.39 is 5.91 Å². The number of rotatable bonds is 5. The third kappa shape index (κ3) is 5.04. The van der Waals surface area contributed by atoms with Crippen LogP contribution in [0.3, 0.4) is 0 Å². The van der Waals surface area contributed by atoms with Crippen LogP contribution in [0.2, 0.25) is 0 Å². The monoisotopic (exact) mass is 374 g/mol. The van der Waals surface area contributed by atoms with Crippen LogP contribution in [0.5, 0.6) is 11.5 Å². The van der Waals surface area contributed by atoms with Gasteiger partial charge in [0.05, 0.1) is 27.0 Å². The number of nitrogens with zero attached hydrogens (tertiary/aromatic N) is 3. The zero-order valence-corrected chi connectivity index (χ0v) is 15.5. The predicted octanol–water partition coefficient (Wildman–Crippen LogP) is 1.43. The van der Waals surface area contributed by atoms with Crippen molar-refractivity contribution in [1.29, 1.82) is 5.26 Å². The van der Waals surface area contributed by atoms with Gasteiger partial charge in [0.25, 0.3) is 5.91 Å². The molecule has 1 aromatic carbocycles. The topological polar surface area (TPSA) is 104 Å². The molecule has 1 N–H and O–H groups in total. The number of anilines is 1. The van der Waals surface area contributed by atoms with Gasteiger partial charge in [-0.05, 0) is 12.1 Å². The molecular weight excluding hydrogens is 352 g/mol. The molecule has 1 aliphatic rings. The van der Waals surface area contributed by atoms with E-state index in [1.54, 1.807) is 23.1 Å². The van der Waals surface area contributed by atoms with E-state index in [0.717, 1.165) is 0 Å². The van der Waals surface area contributed by atoms with Crippen LogP contribution in [-0.4, -0.2) is 69.3 Å². The molecule has 1 heterocycles. The summed E-state index contributed by atoms with van der Waals surface area (Å²) in [4.78, 5) is 27.4. The summed E-state index contributed by atoms with van der Waals surface area (Å²) in [5.41, 5.74) is 0.352. The van der Waals surface area contributed by atoms with Crippen LogP contribution in [0.1, 0.15) is 0 Å². The highest BCUT2D eigenvalue weighted by atomic mass is 16.5. The van der Waals surface area contributed by atoms with E-state index in [0.29, 0.717) is 43.4 Å². The van der Waals surface area contributed by atoms with E-state index in [9.17, 15) is 14.9 Å². The SMILES string of the molecule is COC(=O)N1CCN(/C=C(/C#N)C(=O)Nc2cc(OC)ccc2OC)CC1. The molecule has 2 rings (SSSR count). The van der Waals surface area contributed by atoms with Crippen molar-refractivity contribution in [2.45, 2.75) is 0 Å². The van der Waals surface area contributed by atoms with E-state index in [2.05, 4.69) is 10.1 Å². The number of ether oxygens (including phenoxy) is 3. The maximum Gasteiger partial charge on any atom is 0.409 e. The second kappa shape index (κ2) is 9.33. The third-order valence-corrected chi connectivity index (χ3v) is 4.08. The molecule has 0 aromatic heterocycles. The smallest absolute Gasteiger partial charge is 0.409 e. The average Bonchev–Trinajstić information content (AvgIpc) is 2.71. The Morgan fingerprint density at radius 1 is 1.15 bits per heavy atom. The molecule has 1 fully saturated rings. The van der Waals surface area contributed by atoms with Crippen molar-refractivity contribution in [2.75, 3.05) is 52.8 Å². The van der Waals surface area contributed by atoms with Gasteiger partial charge < -0.3 is 29.3 Å². The summed E-state index contributed by atoms with van der Waals surface area (Å²) in [6.45, 7) is 1.90. The van der Waals surface area contributed by atoms with E-state index in [1.807, 2.05) is 11.0 Å². The first kappa shape index (κ1) is 19.9. The van der Waals surface area contributed by atoms with Crippen LogP contribution in [0, 0.1) is 11.3 Å². The van der Waals surface area contributed by atoms with Crippen LogP contribution >= 0.6 is 0 Å². The molecule has 0 radical (unpaired) electrons. The quantitative estimate of drug-likeness (QED) is 0.614. The van der Waals surface area contributed by atoms with Crippen LogP contribution in [0.15, 0.2) is 30.0 Å². The maximum atomic E-state index is 12.5. The van der Waals surface area contributed by atoms with Gasteiger partial charge in [0.2, 0.25) is 0 Å². The van der Waals surface area contributed by atoms with Gasteiger partial charge in [0.1, 0.15) is 23.1 Å². The second-order valence-corrected chi connectivity index (χ2v) is 5.67. The molecule has 1 saturated heterocycles. The molecule has 0 atom stereocenters. The van der Waals surface area contributed by atoms with Crippen molar-refractivity contribution in [1.82, 2.24) is 9.80 Å². The van der Waals surface area contributed by atoms with Gasteiger partial charge in [0.15, 0.2) is 0 Å². The van der Waals surface area contributed by atoms with Crippen LogP contribution in [-0.2, 0) is 9.53 Å². The fourth-order valence-electron chi connectivity index (χ4n) is 2.58. The van der Waals surface area contributed by atoms with Gasteiger partial charge in [-0.15, -0.1) is 0 Å². The number of hydrogen-bond donors (Lipinski definition) is 1. The van der Waals surface area contributed by atoms with Gasteiger partial charge in [-0.25, -0.2) is 4.79 Å². The van der Waals surface area contributed by atoms with E-state index in [1.165, 1.54) is 27.5 Å². The van der Waals surface area contributed by atoms with Gasteiger partial charge >= 0.3 is 6.09 Å². The van der Waals surface area contributed by atoms with Crippen LogP contribution < -0.4 is 14.8 Å². The lowest BCUT2D eigenvalue weighted by atomic mass is 10.2. The Balaban J connectivity index is 2.07. The molecule has 2 amide bonds. The van der Waals surface area contributed by atoms with Crippen molar-refractivity contribution in [3.05, 3.63) is 30.0 Å². The van der Waals surface area contributed by atoms with Gasteiger partial charge in [-0.1, -0.05) is 0 Å². The van der Waals surface area contributed by atoms with Crippen molar-refractivity contribution >= 4 is 17.7 Å². The molecule has 9 nitrogen and oxygen atoms in total. The summed E-state index contributed by atoms with van der Waals surface area (Å²) in [5.74, 6) is 0.445. The average molecular weight is 374 g/mol. The molecule has 9 heteroatoms. The standard InChI is InChI=1S/C18H22N4O5/c1-25-14-4-5-16(26-2)15(10-14)20-17(23)13(11-19)12-21-6-8-22(9-7-21)18(24)27-3/h4-5,10,12H,6-9H2,1-3H3,(H,20,23)/b13-12-. The minimum absolute atomic E-state index is 0.0496.